The van der Waals surface area contributed by atoms with Crippen LogP contribution < -0.4 is 10.4 Å². The van der Waals surface area contributed by atoms with Gasteiger partial charge in [0.25, 0.3) is 0 Å². The Morgan fingerprint density at radius 3 is 3.00 bits per heavy atom. The summed E-state index contributed by atoms with van der Waals surface area (Å²) in [6.45, 7) is -0.112. The van der Waals surface area contributed by atoms with E-state index in [1.807, 2.05) is 0 Å². The van der Waals surface area contributed by atoms with Crippen LogP contribution in [0.15, 0.2) is 41.5 Å². The fraction of sp³-hybridized carbons (Fsp3) is 0.154. The van der Waals surface area contributed by atoms with Crippen molar-refractivity contribution in [2.24, 2.45) is 0 Å². The highest BCUT2D eigenvalue weighted by Gasteiger charge is 2.09. The maximum atomic E-state index is 12.1. The Morgan fingerprint density at radius 2 is 2.26 bits per heavy atom. The third kappa shape index (κ3) is 3.20. The Morgan fingerprint density at radius 1 is 1.47 bits per heavy atom. The van der Waals surface area contributed by atoms with Gasteiger partial charge in [-0.3, -0.25) is 9.36 Å². The van der Waals surface area contributed by atoms with Crippen molar-refractivity contribution in [2.75, 3.05) is 7.11 Å². The van der Waals surface area contributed by atoms with Crippen molar-refractivity contribution in [3.8, 4) is 5.75 Å². The number of benzene rings is 1. The Balaban J connectivity index is 2.25. The zero-order valence-electron chi connectivity index (χ0n) is 10.2. The lowest BCUT2D eigenvalue weighted by Gasteiger charge is -2.06. The van der Waals surface area contributed by atoms with Crippen molar-refractivity contribution in [3.63, 3.8) is 0 Å². The fourth-order valence-corrected chi connectivity index (χ4v) is 1.75. The van der Waals surface area contributed by atoms with Crippen LogP contribution in [-0.4, -0.2) is 22.4 Å². The van der Waals surface area contributed by atoms with E-state index in [-0.39, 0.29) is 12.3 Å². The molecule has 5 nitrogen and oxygen atoms in total. The summed E-state index contributed by atoms with van der Waals surface area (Å²) in [4.78, 5) is 27.1. The molecule has 0 saturated carbocycles. The van der Waals surface area contributed by atoms with E-state index in [2.05, 4.69) is 4.98 Å². The van der Waals surface area contributed by atoms with Gasteiger partial charge < -0.3 is 4.74 Å². The molecule has 0 N–H and O–H groups in total. The van der Waals surface area contributed by atoms with Crippen molar-refractivity contribution in [1.82, 2.24) is 9.55 Å². The van der Waals surface area contributed by atoms with E-state index in [9.17, 15) is 9.59 Å². The molecule has 1 aromatic carbocycles. The van der Waals surface area contributed by atoms with Crippen LogP contribution in [0, 0.1) is 0 Å². The molecule has 0 unspecified atom stereocenters. The molecule has 2 rings (SSSR count). The zero-order valence-corrected chi connectivity index (χ0v) is 10.9. The van der Waals surface area contributed by atoms with Crippen molar-refractivity contribution < 1.29 is 9.53 Å². The SMILES string of the molecule is COc1cccc(C(=O)Cn2cc(Cl)cnc2=O)c1. The van der Waals surface area contributed by atoms with Gasteiger partial charge in [-0.15, -0.1) is 0 Å². The molecule has 6 heteroatoms. The number of ether oxygens (including phenoxy) is 1. The van der Waals surface area contributed by atoms with Crippen molar-refractivity contribution in [1.29, 1.82) is 0 Å². The van der Waals surface area contributed by atoms with Crippen LogP contribution in [0.3, 0.4) is 0 Å². The largest absolute Gasteiger partial charge is 0.497 e. The van der Waals surface area contributed by atoms with E-state index in [4.69, 9.17) is 16.3 Å². The average molecular weight is 279 g/mol. The van der Waals surface area contributed by atoms with Gasteiger partial charge in [0.1, 0.15) is 5.75 Å². The molecule has 0 aliphatic carbocycles. The van der Waals surface area contributed by atoms with E-state index >= 15 is 0 Å². The number of rotatable bonds is 4. The molecule has 0 atom stereocenters. The van der Waals surface area contributed by atoms with Gasteiger partial charge in [0.2, 0.25) is 0 Å². The first kappa shape index (κ1) is 13.3. The molecule has 19 heavy (non-hydrogen) atoms. The van der Waals surface area contributed by atoms with Crippen LogP contribution >= 0.6 is 11.6 Å². The van der Waals surface area contributed by atoms with Gasteiger partial charge in [-0.25, -0.2) is 9.78 Å². The fourth-order valence-electron chi connectivity index (χ4n) is 1.58. The molecule has 1 heterocycles. The monoisotopic (exact) mass is 278 g/mol. The van der Waals surface area contributed by atoms with E-state index in [0.717, 1.165) is 0 Å². The lowest BCUT2D eigenvalue weighted by atomic mass is 10.1. The maximum Gasteiger partial charge on any atom is 0.348 e. The number of hydrogen-bond donors (Lipinski definition) is 0. The number of halogens is 1. The number of ketones is 1. The lowest BCUT2D eigenvalue weighted by molar-refractivity contribution is 0.0970. The lowest BCUT2D eigenvalue weighted by Crippen LogP contribution is -2.25. The standard InChI is InChI=1S/C13H11ClN2O3/c1-19-11-4-2-3-9(5-11)12(17)8-16-7-10(14)6-15-13(16)18/h2-7H,8H2,1H3. The number of Topliss-reactive ketones (excluding diaryl/α,β-unsaturated/α-hetero) is 1. The second-order valence-corrected chi connectivity index (χ2v) is 4.27. The summed E-state index contributed by atoms with van der Waals surface area (Å²) in [7, 11) is 1.52. The molecule has 1 aromatic heterocycles. The molecule has 0 saturated heterocycles. The van der Waals surface area contributed by atoms with Crippen LogP contribution in [0.4, 0.5) is 0 Å². The Kier molecular flexibility index (Phi) is 3.97. The Bertz CT molecular complexity index is 667. The highest BCUT2D eigenvalue weighted by Crippen LogP contribution is 2.13. The van der Waals surface area contributed by atoms with Gasteiger partial charge in [0.15, 0.2) is 5.78 Å². The summed E-state index contributed by atoms with van der Waals surface area (Å²) in [5, 5.41) is 0.304. The highest BCUT2D eigenvalue weighted by molar-refractivity contribution is 6.30. The first-order valence-corrected chi connectivity index (χ1v) is 5.87. The van der Waals surface area contributed by atoms with E-state index < -0.39 is 5.69 Å². The van der Waals surface area contributed by atoms with Crippen LogP contribution in [-0.2, 0) is 6.54 Å². The number of aromatic nitrogens is 2. The first-order valence-electron chi connectivity index (χ1n) is 5.49. The maximum absolute atomic E-state index is 12.1. The van der Waals surface area contributed by atoms with Crippen LogP contribution in [0.5, 0.6) is 5.75 Å². The van der Waals surface area contributed by atoms with Crippen LogP contribution in [0.25, 0.3) is 0 Å². The summed E-state index contributed by atoms with van der Waals surface area (Å²) in [6.07, 6.45) is 2.63. The second kappa shape index (κ2) is 5.67. The predicted molar refractivity (Wildman–Crippen MR) is 70.8 cm³/mol. The van der Waals surface area contributed by atoms with Crippen molar-refractivity contribution in [3.05, 3.63) is 57.7 Å². The quantitative estimate of drug-likeness (QED) is 0.800. The van der Waals surface area contributed by atoms with Crippen molar-refractivity contribution >= 4 is 17.4 Å². The Hall–Kier alpha value is -2.14. The highest BCUT2D eigenvalue weighted by atomic mass is 35.5. The summed E-state index contributed by atoms with van der Waals surface area (Å²) in [6, 6.07) is 6.73. The van der Waals surface area contributed by atoms with Gasteiger partial charge in [-0.05, 0) is 12.1 Å². The topological polar surface area (TPSA) is 61.2 Å². The third-order valence-corrected chi connectivity index (χ3v) is 2.72. The van der Waals surface area contributed by atoms with Gasteiger partial charge in [-0.2, -0.15) is 0 Å². The minimum Gasteiger partial charge on any atom is -0.497 e. The van der Waals surface area contributed by atoms with Crippen LogP contribution in [0.2, 0.25) is 5.02 Å². The zero-order chi connectivity index (χ0) is 13.8. The molecule has 0 aliphatic rings. The summed E-state index contributed by atoms with van der Waals surface area (Å²) < 4.78 is 6.21. The number of carbonyl (C=O) groups excluding carboxylic acids is 1. The van der Waals surface area contributed by atoms with Gasteiger partial charge in [0.05, 0.1) is 24.9 Å². The summed E-state index contributed by atoms with van der Waals surface area (Å²) in [5.41, 5.74) is -0.0492. The second-order valence-electron chi connectivity index (χ2n) is 3.84. The van der Waals surface area contributed by atoms with Gasteiger partial charge in [-0.1, -0.05) is 23.7 Å². The van der Waals surface area contributed by atoms with E-state index in [1.165, 1.54) is 24.1 Å². The molecular weight excluding hydrogens is 268 g/mol. The molecule has 0 fully saturated rings. The minimum absolute atomic E-state index is 0.112. The molecule has 0 radical (unpaired) electrons. The average Bonchev–Trinajstić information content (AvgIpc) is 2.43. The normalized spacial score (nSPS) is 10.2. The molecule has 0 amide bonds. The van der Waals surface area contributed by atoms with Gasteiger partial charge in [0, 0.05) is 11.8 Å². The third-order valence-electron chi connectivity index (χ3n) is 2.53. The van der Waals surface area contributed by atoms with E-state index in [0.29, 0.717) is 16.3 Å². The number of hydrogen-bond acceptors (Lipinski definition) is 4. The van der Waals surface area contributed by atoms with Crippen LogP contribution in [0.1, 0.15) is 10.4 Å². The Labute approximate surface area is 114 Å². The number of methoxy groups -OCH3 is 1. The molecule has 0 bridgehead atoms. The number of carbonyl (C=O) groups is 1. The van der Waals surface area contributed by atoms with Gasteiger partial charge >= 0.3 is 5.69 Å². The summed E-state index contributed by atoms with van der Waals surface area (Å²) >= 11 is 5.74. The molecule has 2 aromatic rings. The molecular formula is C13H11ClN2O3. The summed E-state index contributed by atoms with van der Waals surface area (Å²) in [5.74, 6) is 0.368. The van der Waals surface area contributed by atoms with Crippen molar-refractivity contribution in [2.45, 2.75) is 6.54 Å². The minimum atomic E-state index is -0.513. The molecule has 0 spiro atoms. The molecule has 98 valence electrons. The number of nitrogens with zero attached hydrogens (tertiary/aromatic N) is 2. The van der Waals surface area contributed by atoms with E-state index in [1.54, 1.807) is 24.3 Å². The predicted octanol–water partition coefficient (Wildman–Crippen LogP) is 1.79. The molecule has 0 aliphatic heterocycles. The first-order chi connectivity index (χ1) is 9.10. The smallest absolute Gasteiger partial charge is 0.348 e.